The molecule has 0 unspecified atom stereocenters. The third kappa shape index (κ3) is 6.38. The summed E-state index contributed by atoms with van der Waals surface area (Å²) in [5, 5.41) is 5.80. The summed E-state index contributed by atoms with van der Waals surface area (Å²) in [5.41, 5.74) is 4.48. The molecule has 0 aliphatic carbocycles. The van der Waals surface area contributed by atoms with E-state index in [2.05, 4.69) is 46.3 Å². The van der Waals surface area contributed by atoms with E-state index >= 15 is 0 Å². The Bertz CT molecular complexity index is 1500. The van der Waals surface area contributed by atoms with Gasteiger partial charge in [-0.2, -0.15) is 0 Å². The maximum absolute atomic E-state index is 12.7. The van der Waals surface area contributed by atoms with Crippen LogP contribution in [0.2, 0.25) is 0 Å². The van der Waals surface area contributed by atoms with Gasteiger partial charge in [-0.1, -0.05) is 48.5 Å². The number of imidazole rings is 1. The van der Waals surface area contributed by atoms with Gasteiger partial charge in [0, 0.05) is 30.9 Å². The molecule has 0 radical (unpaired) electrons. The average Bonchev–Trinajstić information content (AvgIpc) is 3.25. The van der Waals surface area contributed by atoms with E-state index in [0.29, 0.717) is 17.1 Å². The van der Waals surface area contributed by atoms with Gasteiger partial charge in [0.1, 0.15) is 17.3 Å². The molecule has 0 saturated heterocycles. The number of amides is 2. The van der Waals surface area contributed by atoms with Crippen molar-refractivity contribution in [2.75, 3.05) is 31.3 Å². The van der Waals surface area contributed by atoms with Crippen LogP contribution >= 0.6 is 0 Å². The quantitative estimate of drug-likeness (QED) is 0.236. The first-order chi connectivity index (χ1) is 18.5. The Labute approximate surface area is 222 Å². The smallest absolute Gasteiger partial charge is 0.323 e. The second-order valence-corrected chi connectivity index (χ2v) is 9.37. The summed E-state index contributed by atoms with van der Waals surface area (Å²) < 4.78 is 8.08. The van der Waals surface area contributed by atoms with Crippen LogP contribution in [-0.2, 0) is 13.0 Å². The van der Waals surface area contributed by atoms with Gasteiger partial charge in [0.05, 0.1) is 11.0 Å². The molecule has 5 rings (SSSR count). The highest BCUT2D eigenvalue weighted by atomic mass is 16.5. The number of likely N-dealkylation sites (N-methyl/N-ethyl adjacent to an activating group) is 1. The summed E-state index contributed by atoms with van der Waals surface area (Å²) in [6, 6.07) is 32.7. The molecule has 1 aromatic heterocycles. The van der Waals surface area contributed by atoms with Crippen molar-refractivity contribution in [2.24, 2.45) is 0 Å². The van der Waals surface area contributed by atoms with Crippen LogP contribution in [0.4, 0.5) is 16.2 Å². The molecule has 7 nitrogen and oxygen atoms in total. The maximum atomic E-state index is 12.7. The van der Waals surface area contributed by atoms with E-state index < -0.39 is 0 Å². The molecule has 38 heavy (non-hydrogen) atoms. The molecule has 2 amide bonds. The van der Waals surface area contributed by atoms with Crippen LogP contribution < -0.4 is 15.4 Å². The highest BCUT2D eigenvalue weighted by Crippen LogP contribution is 2.24. The first-order valence-corrected chi connectivity index (χ1v) is 12.6. The molecule has 0 fully saturated rings. The van der Waals surface area contributed by atoms with Crippen LogP contribution in [0.3, 0.4) is 0 Å². The van der Waals surface area contributed by atoms with Crippen LogP contribution in [-0.4, -0.2) is 41.1 Å². The van der Waals surface area contributed by atoms with Gasteiger partial charge >= 0.3 is 6.03 Å². The number of urea groups is 1. The van der Waals surface area contributed by atoms with Crippen molar-refractivity contribution in [1.29, 1.82) is 0 Å². The summed E-state index contributed by atoms with van der Waals surface area (Å²) in [4.78, 5) is 19.8. The summed E-state index contributed by atoms with van der Waals surface area (Å²) in [6.45, 7) is 1.74. The zero-order valence-corrected chi connectivity index (χ0v) is 21.6. The van der Waals surface area contributed by atoms with Crippen LogP contribution in [0.5, 0.6) is 11.5 Å². The van der Waals surface area contributed by atoms with Gasteiger partial charge in [0.15, 0.2) is 0 Å². The van der Waals surface area contributed by atoms with E-state index in [-0.39, 0.29) is 6.03 Å². The van der Waals surface area contributed by atoms with Crippen LogP contribution in [0.15, 0.2) is 103 Å². The molecule has 2 N–H and O–H groups in total. The molecule has 1 heterocycles. The Morgan fingerprint density at radius 1 is 0.816 bits per heavy atom. The van der Waals surface area contributed by atoms with Crippen molar-refractivity contribution in [3.63, 3.8) is 0 Å². The average molecular weight is 506 g/mol. The molecule has 0 atom stereocenters. The number of fused-ring (bicyclic) bond motifs is 1. The minimum Gasteiger partial charge on any atom is -0.457 e. The van der Waals surface area contributed by atoms with E-state index in [4.69, 9.17) is 9.72 Å². The lowest BCUT2D eigenvalue weighted by atomic mass is 10.1. The van der Waals surface area contributed by atoms with Crippen LogP contribution in [0, 0.1) is 0 Å². The minimum absolute atomic E-state index is 0.322. The largest absolute Gasteiger partial charge is 0.457 e. The number of carbonyl (C=O) groups excluding carboxylic acids is 1. The topological polar surface area (TPSA) is 71.4 Å². The molecule has 7 heteroatoms. The lowest BCUT2D eigenvalue weighted by Gasteiger charge is -2.14. The standard InChI is InChI=1S/C31H31N5O2/c1-35(2)19-20-36-29-18-15-25(22-28(29)34-30(36)21-23-9-5-3-6-10-23)33-31(37)32-24-13-16-27(17-14-24)38-26-11-7-4-8-12-26/h3-18,22H,19-21H2,1-2H3,(H2,32,33,37). The van der Waals surface area contributed by atoms with Crippen LogP contribution in [0.1, 0.15) is 11.4 Å². The SMILES string of the molecule is CN(C)CCn1c(Cc2ccccc2)nc2cc(NC(=O)Nc3ccc(Oc4ccccc4)cc3)ccc21. The fourth-order valence-corrected chi connectivity index (χ4v) is 4.24. The lowest BCUT2D eigenvalue weighted by Crippen LogP contribution is -2.20. The maximum Gasteiger partial charge on any atom is 0.323 e. The lowest BCUT2D eigenvalue weighted by molar-refractivity contribution is 0.262. The van der Waals surface area contributed by atoms with Gasteiger partial charge in [0.2, 0.25) is 0 Å². The van der Waals surface area contributed by atoms with Crippen molar-refractivity contribution in [2.45, 2.75) is 13.0 Å². The highest BCUT2D eigenvalue weighted by molar-refractivity contribution is 6.00. The number of benzene rings is 4. The number of rotatable bonds is 9. The Morgan fingerprint density at radius 2 is 1.45 bits per heavy atom. The normalized spacial score (nSPS) is 11.0. The number of anilines is 2. The summed E-state index contributed by atoms with van der Waals surface area (Å²) >= 11 is 0. The Kier molecular flexibility index (Phi) is 7.66. The third-order valence-corrected chi connectivity index (χ3v) is 6.15. The van der Waals surface area contributed by atoms with Gasteiger partial charge in [-0.25, -0.2) is 9.78 Å². The van der Waals surface area contributed by atoms with Gasteiger partial charge in [-0.05, 0) is 74.3 Å². The summed E-state index contributed by atoms with van der Waals surface area (Å²) in [5.74, 6) is 2.47. The molecule has 0 saturated carbocycles. The number of carbonyl (C=O) groups is 1. The minimum atomic E-state index is -0.322. The molecule has 0 aliphatic rings. The van der Waals surface area contributed by atoms with Gasteiger partial charge < -0.3 is 24.8 Å². The first kappa shape index (κ1) is 25.0. The molecule has 4 aromatic carbocycles. The van der Waals surface area contributed by atoms with E-state index in [1.807, 2.05) is 91.0 Å². The number of hydrogen-bond donors (Lipinski definition) is 2. The first-order valence-electron chi connectivity index (χ1n) is 12.6. The van der Waals surface area contributed by atoms with Crippen molar-refractivity contribution >= 4 is 28.4 Å². The molecule has 0 bridgehead atoms. The number of ether oxygens (including phenoxy) is 1. The molecule has 192 valence electrons. The van der Waals surface area contributed by atoms with Gasteiger partial charge in [-0.3, -0.25) is 0 Å². The zero-order chi connectivity index (χ0) is 26.3. The van der Waals surface area contributed by atoms with E-state index in [9.17, 15) is 4.79 Å². The Morgan fingerprint density at radius 3 is 2.16 bits per heavy atom. The molecular weight excluding hydrogens is 474 g/mol. The summed E-state index contributed by atoms with van der Waals surface area (Å²) in [7, 11) is 4.14. The summed E-state index contributed by atoms with van der Waals surface area (Å²) in [6.07, 6.45) is 0.746. The Balaban J connectivity index is 1.28. The fourth-order valence-electron chi connectivity index (χ4n) is 4.24. The number of para-hydroxylation sites is 1. The fraction of sp³-hybridized carbons (Fsp3) is 0.161. The van der Waals surface area contributed by atoms with Crippen LogP contribution in [0.25, 0.3) is 11.0 Å². The van der Waals surface area contributed by atoms with Gasteiger partial charge in [0.25, 0.3) is 0 Å². The monoisotopic (exact) mass is 505 g/mol. The van der Waals surface area contributed by atoms with Crippen molar-refractivity contribution in [3.8, 4) is 11.5 Å². The molecule has 0 aliphatic heterocycles. The van der Waals surface area contributed by atoms with Crippen molar-refractivity contribution < 1.29 is 9.53 Å². The zero-order valence-electron chi connectivity index (χ0n) is 21.6. The molecule has 5 aromatic rings. The molecular formula is C31H31N5O2. The second kappa shape index (κ2) is 11.6. The Hall–Kier alpha value is -4.62. The third-order valence-electron chi connectivity index (χ3n) is 6.15. The highest BCUT2D eigenvalue weighted by Gasteiger charge is 2.13. The number of aromatic nitrogens is 2. The number of nitrogens with one attached hydrogen (secondary N) is 2. The second-order valence-electron chi connectivity index (χ2n) is 9.37. The predicted octanol–water partition coefficient (Wildman–Crippen LogP) is 6.63. The van der Waals surface area contributed by atoms with Gasteiger partial charge in [-0.15, -0.1) is 0 Å². The number of hydrogen-bond acceptors (Lipinski definition) is 4. The molecule has 0 spiro atoms. The van der Waals surface area contributed by atoms with Crippen molar-refractivity contribution in [1.82, 2.24) is 14.5 Å². The van der Waals surface area contributed by atoms with E-state index in [1.165, 1.54) is 5.56 Å². The van der Waals surface area contributed by atoms with E-state index in [1.54, 1.807) is 0 Å². The number of nitrogens with zero attached hydrogens (tertiary/aromatic N) is 3. The predicted molar refractivity (Wildman–Crippen MR) is 153 cm³/mol. The van der Waals surface area contributed by atoms with Crippen molar-refractivity contribution in [3.05, 3.63) is 115 Å². The van der Waals surface area contributed by atoms with E-state index in [0.717, 1.165) is 42.1 Å².